The number of hydrogen-bond acceptors (Lipinski definition) is 9. The van der Waals surface area contributed by atoms with E-state index >= 15 is 0 Å². The van der Waals surface area contributed by atoms with E-state index in [1.807, 2.05) is 38.1 Å². The zero-order chi connectivity index (χ0) is 31.0. The smallest absolute Gasteiger partial charge is 0.468 e. The number of hydrogen-bond donors (Lipinski definition) is 6. The molecule has 0 aliphatic rings. The van der Waals surface area contributed by atoms with Crippen molar-refractivity contribution in [2.75, 3.05) is 32.9 Å². The van der Waals surface area contributed by atoms with Gasteiger partial charge in [-0.05, 0) is 24.0 Å². The average molecular weight is 612 g/mol. The highest BCUT2D eigenvalue weighted by molar-refractivity contribution is 7.47. The Kier molecular flexibility index (Phi) is 14.7. The first-order valence-corrected chi connectivity index (χ1v) is 14.9. The monoisotopic (exact) mass is 611 g/mol. The molecule has 1 heterocycles. The molecule has 1 aromatic heterocycles. The van der Waals surface area contributed by atoms with Crippen LogP contribution in [0.1, 0.15) is 32.3 Å². The van der Waals surface area contributed by atoms with Crippen LogP contribution in [0.15, 0.2) is 30.5 Å². The lowest BCUT2D eigenvalue weighted by Gasteiger charge is -2.23. The van der Waals surface area contributed by atoms with Gasteiger partial charge in [-0.25, -0.2) is 4.57 Å². The summed E-state index contributed by atoms with van der Waals surface area (Å²) in [7, 11) is -4.65. The molecule has 15 nitrogen and oxygen atoms in total. The molecule has 0 saturated heterocycles. The van der Waals surface area contributed by atoms with Crippen LogP contribution in [0.25, 0.3) is 10.9 Å². The Morgan fingerprint density at radius 1 is 1.07 bits per heavy atom. The van der Waals surface area contributed by atoms with Gasteiger partial charge in [0.15, 0.2) is 0 Å². The van der Waals surface area contributed by atoms with Gasteiger partial charge in [0, 0.05) is 30.2 Å². The van der Waals surface area contributed by atoms with Gasteiger partial charge in [0.1, 0.15) is 12.1 Å². The summed E-state index contributed by atoms with van der Waals surface area (Å²) in [5.74, 6) is -1.71. The number of nitrogens with one attached hydrogen (secondary N) is 5. The second-order valence-electron chi connectivity index (χ2n) is 9.30. The normalized spacial score (nSPS) is 14.5. The number of phosphoric ester groups is 1. The van der Waals surface area contributed by atoms with Gasteiger partial charge in [-0.3, -0.25) is 33.0 Å². The lowest BCUT2D eigenvalue weighted by molar-refractivity contribution is -0.130. The quantitative estimate of drug-likeness (QED) is 0.0644. The standard InChI is InChI=1S/C26H38N5O10P/c1-3-18(2)24(31-23(34)13-19-14-29-21-8-5-4-7-20(19)21)26(36)28-10-12-40-42(37,38)41-15-22(30-16-32)25(35)27-9-6-11-39-17-33/h4-5,7-8,14,16-18,22,24,29H,3,6,9-13,15H2,1-2H3,(H,27,35)(H,28,36)(H,30,32)(H,31,34)(H,37,38)/t18-,22?,24-/m0/s1. The number of para-hydroxylation sites is 1. The Morgan fingerprint density at radius 2 is 1.81 bits per heavy atom. The van der Waals surface area contributed by atoms with E-state index in [9.17, 15) is 33.4 Å². The molecular weight excluding hydrogens is 573 g/mol. The number of aromatic nitrogens is 1. The van der Waals surface area contributed by atoms with Gasteiger partial charge in [0.05, 0.1) is 26.2 Å². The van der Waals surface area contributed by atoms with Crippen LogP contribution < -0.4 is 21.3 Å². The van der Waals surface area contributed by atoms with E-state index in [-0.39, 0.29) is 50.8 Å². The third kappa shape index (κ3) is 11.6. The first-order valence-electron chi connectivity index (χ1n) is 13.4. The zero-order valence-corrected chi connectivity index (χ0v) is 24.4. The third-order valence-electron chi connectivity index (χ3n) is 6.29. The molecule has 4 atom stereocenters. The predicted molar refractivity (Wildman–Crippen MR) is 151 cm³/mol. The molecule has 1 aromatic carbocycles. The Balaban J connectivity index is 1.80. The fourth-order valence-corrected chi connectivity index (χ4v) is 4.58. The second kappa shape index (κ2) is 17.9. The number of ether oxygens (including phenoxy) is 1. The lowest BCUT2D eigenvalue weighted by atomic mass is 9.98. The van der Waals surface area contributed by atoms with Crippen molar-refractivity contribution in [3.63, 3.8) is 0 Å². The minimum atomic E-state index is -4.65. The molecule has 0 radical (unpaired) electrons. The Morgan fingerprint density at radius 3 is 2.52 bits per heavy atom. The van der Waals surface area contributed by atoms with Crippen LogP contribution in [0.2, 0.25) is 0 Å². The number of H-pyrrole nitrogens is 1. The SMILES string of the molecule is CC[C@H](C)[C@H](NC(=O)Cc1c[nH]c2ccccc12)C(=O)NCCOP(=O)(O)OCC(NC=O)C(=O)NCCCOC=O. The molecule has 0 spiro atoms. The summed E-state index contributed by atoms with van der Waals surface area (Å²) >= 11 is 0. The molecule has 6 N–H and O–H groups in total. The number of benzene rings is 1. The van der Waals surface area contributed by atoms with Crippen LogP contribution in [0.5, 0.6) is 0 Å². The van der Waals surface area contributed by atoms with E-state index in [0.29, 0.717) is 12.8 Å². The van der Waals surface area contributed by atoms with Crippen molar-refractivity contribution in [1.82, 2.24) is 26.3 Å². The van der Waals surface area contributed by atoms with Crippen molar-refractivity contribution in [1.29, 1.82) is 0 Å². The van der Waals surface area contributed by atoms with Gasteiger partial charge < -0.3 is 35.9 Å². The minimum Gasteiger partial charge on any atom is -0.468 e. The van der Waals surface area contributed by atoms with E-state index in [0.717, 1.165) is 16.5 Å². The first-order chi connectivity index (χ1) is 20.1. The molecular formula is C26H38N5O10P. The van der Waals surface area contributed by atoms with E-state index in [2.05, 4.69) is 31.0 Å². The van der Waals surface area contributed by atoms with E-state index in [1.165, 1.54) is 0 Å². The molecule has 2 aromatic rings. The Hall–Kier alpha value is -3.78. The number of phosphoric acid groups is 1. The van der Waals surface area contributed by atoms with Crippen LogP contribution in [0, 0.1) is 5.92 Å². The van der Waals surface area contributed by atoms with Gasteiger partial charge in [0.25, 0.3) is 6.47 Å². The predicted octanol–water partition coefficient (Wildman–Crippen LogP) is 0.285. The van der Waals surface area contributed by atoms with Crippen molar-refractivity contribution in [3.8, 4) is 0 Å². The molecule has 42 heavy (non-hydrogen) atoms. The third-order valence-corrected chi connectivity index (χ3v) is 7.27. The molecule has 0 saturated carbocycles. The highest BCUT2D eigenvalue weighted by Crippen LogP contribution is 2.42. The average Bonchev–Trinajstić information content (AvgIpc) is 3.38. The maximum absolute atomic E-state index is 12.9. The highest BCUT2D eigenvalue weighted by Gasteiger charge is 2.28. The van der Waals surface area contributed by atoms with Crippen LogP contribution in [-0.2, 0) is 48.7 Å². The fraction of sp³-hybridized carbons (Fsp3) is 0.500. The molecule has 0 aliphatic carbocycles. The molecule has 16 heteroatoms. The summed E-state index contributed by atoms with van der Waals surface area (Å²) in [5, 5.41) is 10.9. The molecule has 0 aliphatic heterocycles. The molecule has 2 rings (SSSR count). The summed E-state index contributed by atoms with van der Waals surface area (Å²) in [6.07, 6.45) is 2.99. The van der Waals surface area contributed by atoms with Gasteiger partial charge in [-0.15, -0.1) is 0 Å². The number of fused-ring (bicyclic) bond motifs is 1. The van der Waals surface area contributed by atoms with E-state index in [1.54, 1.807) is 6.20 Å². The molecule has 232 valence electrons. The van der Waals surface area contributed by atoms with Crippen molar-refractivity contribution in [2.24, 2.45) is 5.92 Å². The maximum Gasteiger partial charge on any atom is 0.472 e. The molecule has 0 bridgehead atoms. The molecule has 2 unspecified atom stereocenters. The van der Waals surface area contributed by atoms with Gasteiger partial charge >= 0.3 is 7.82 Å². The van der Waals surface area contributed by atoms with E-state index in [4.69, 9.17) is 9.05 Å². The van der Waals surface area contributed by atoms with Crippen molar-refractivity contribution in [2.45, 2.75) is 45.2 Å². The Bertz CT molecular complexity index is 1240. The number of rotatable bonds is 21. The number of carbonyl (C=O) groups excluding carboxylic acids is 5. The lowest BCUT2D eigenvalue weighted by Crippen LogP contribution is -2.51. The summed E-state index contributed by atoms with van der Waals surface area (Å²) in [6.45, 7) is 2.92. The second-order valence-corrected chi connectivity index (χ2v) is 10.8. The largest absolute Gasteiger partial charge is 0.472 e. The first kappa shape index (κ1) is 34.4. The van der Waals surface area contributed by atoms with Gasteiger partial charge in [-0.1, -0.05) is 38.5 Å². The number of amides is 4. The maximum atomic E-state index is 12.9. The summed E-state index contributed by atoms with van der Waals surface area (Å²) in [4.78, 5) is 71.8. The number of aromatic amines is 1. The van der Waals surface area contributed by atoms with Gasteiger partial charge in [0.2, 0.25) is 24.1 Å². The summed E-state index contributed by atoms with van der Waals surface area (Å²) in [5.41, 5.74) is 1.70. The van der Waals surface area contributed by atoms with Crippen molar-refractivity contribution in [3.05, 3.63) is 36.0 Å². The molecule has 4 amide bonds. The van der Waals surface area contributed by atoms with E-state index < -0.39 is 44.9 Å². The fourth-order valence-electron chi connectivity index (χ4n) is 3.85. The van der Waals surface area contributed by atoms with Crippen LogP contribution in [0.3, 0.4) is 0 Å². The van der Waals surface area contributed by atoms with Crippen LogP contribution in [0.4, 0.5) is 0 Å². The summed E-state index contributed by atoms with van der Waals surface area (Å²) in [6, 6.07) is 5.43. The van der Waals surface area contributed by atoms with Crippen molar-refractivity contribution < 1.29 is 47.2 Å². The van der Waals surface area contributed by atoms with Gasteiger partial charge in [-0.2, -0.15) is 0 Å². The zero-order valence-electron chi connectivity index (χ0n) is 23.5. The minimum absolute atomic E-state index is 0.0743. The summed E-state index contributed by atoms with van der Waals surface area (Å²) < 4.78 is 26.4. The Labute approximate surface area is 243 Å². The molecule has 0 fully saturated rings. The topological polar surface area (TPSA) is 214 Å². The van der Waals surface area contributed by atoms with Crippen LogP contribution in [-0.4, -0.2) is 85.5 Å². The van der Waals surface area contributed by atoms with Crippen molar-refractivity contribution >= 4 is 49.3 Å². The van der Waals surface area contributed by atoms with Crippen LogP contribution >= 0.6 is 7.82 Å². The highest BCUT2D eigenvalue weighted by atomic mass is 31.2. The number of carbonyl (C=O) groups is 5.